The van der Waals surface area contributed by atoms with Crippen molar-refractivity contribution in [2.24, 2.45) is 0 Å². The molecule has 0 bridgehead atoms. The first-order chi connectivity index (χ1) is 9.20. The summed E-state index contributed by atoms with van der Waals surface area (Å²) in [6, 6.07) is 10.5. The van der Waals surface area contributed by atoms with E-state index in [1.54, 1.807) is 6.07 Å². The third-order valence-electron chi connectivity index (χ3n) is 2.48. The van der Waals surface area contributed by atoms with Crippen molar-refractivity contribution in [2.75, 3.05) is 13.6 Å². The Morgan fingerprint density at radius 3 is 2.58 bits per heavy atom. The quantitative estimate of drug-likeness (QED) is 0.825. The second kappa shape index (κ2) is 5.89. The zero-order valence-electron chi connectivity index (χ0n) is 10.4. The standard InChI is InChI=1S/C15H13NO3/c1-16-10-2-3-11-4-6-12(7-5-11)13-8-9-14(19-13)15(17)18/h4-9,16H,10H2,1H3,(H,17,18). The van der Waals surface area contributed by atoms with Crippen molar-refractivity contribution in [3.05, 3.63) is 47.7 Å². The molecule has 0 amide bonds. The summed E-state index contributed by atoms with van der Waals surface area (Å²) < 4.78 is 5.22. The lowest BCUT2D eigenvalue weighted by molar-refractivity contribution is 0.0663. The van der Waals surface area contributed by atoms with Gasteiger partial charge in [0.15, 0.2) is 0 Å². The first kappa shape index (κ1) is 12.9. The molecule has 0 spiro atoms. The average molecular weight is 255 g/mol. The maximum atomic E-state index is 10.7. The Kier molecular flexibility index (Phi) is 4.01. The third-order valence-corrected chi connectivity index (χ3v) is 2.48. The van der Waals surface area contributed by atoms with E-state index in [1.165, 1.54) is 6.07 Å². The fourth-order valence-electron chi connectivity index (χ4n) is 1.56. The highest BCUT2D eigenvalue weighted by molar-refractivity contribution is 5.85. The Morgan fingerprint density at radius 2 is 2.00 bits per heavy atom. The van der Waals surface area contributed by atoms with E-state index in [-0.39, 0.29) is 5.76 Å². The van der Waals surface area contributed by atoms with Crippen molar-refractivity contribution < 1.29 is 14.3 Å². The minimum absolute atomic E-state index is 0.0621. The summed E-state index contributed by atoms with van der Waals surface area (Å²) in [4.78, 5) is 10.7. The Hall–Kier alpha value is -2.51. The molecule has 0 fully saturated rings. The summed E-state index contributed by atoms with van der Waals surface area (Å²) in [7, 11) is 1.84. The Labute approximate surface area is 111 Å². The van der Waals surface area contributed by atoms with Gasteiger partial charge in [-0.05, 0) is 31.3 Å². The lowest BCUT2D eigenvalue weighted by atomic mass is 10.1. The largest absolute Gasteiger partial charge is 0.475 e. The van der Waals surface area contributed by atoms with Gasteiger partial charge in [-0.3, -0.25) is 0 Å². The number of hydrogen-bond acceptors (Lipinski definition) is 3. The summed E-state index contributed by atoms with van der Waals surface area (Å²) >= 11 is 0. The van der Waals surface area contributed by atoms with Crippen LogP contribution in [-0.4, -0.2) is 24.7 Å². The predicted octanol–water partition coefficient (Wildman–Crippen LogP) is 2.22. The molecule has 0 atom stereocenters. The van der Waals surface area contributed by atoms with Crippen LogP contribution in [0, 0.1) is 11.8 Å². The van der Waals surface area contributed by atoms with Crippen molar-refractivity contribution in [1.29, 1.82) is 0 Å². The topological polar surface area (TPSA) is 62.5 Å². The molecule has 4 nitrogen and oxygen atoms in total. The zero-order valence-corrected chi connectivity index (χ0v) is 10.4. The molecule has 0 unspecified atom stereocenters. The average Bonchev–Trinajstić information content (AvgIpc) is 2.90. The summed E-state index contributed by atoms with van der Waals surface area (Å²) in [5, 5.41) is 11.7. The highest BCUT2D eigenvalue weighted by atomic mass is 16.4. The molecule has 1 heterocycles. The summed E-state index contributed by atoms with van der Waals surface area (Å²) in [6.07, 6.45) is 0. The van der Waals surface area contributed by atoms with Gasteiger partial charge in [-0.1, -0.05) is 24.0 Å². The van der Waals surface area contributed by atoms with Crippen molar-refractivity contribution in [3.63, 3.8) is 0 Å². The number of benzene rings is 1. The number of furan rings is 1. The van der Waals surface area contributed by atoms with E-state index in [2.05, 4.69) is 17.2 Å². The lowest BCUT2D eigenvalue weighted by Crippen LogP contribution is -2.04. The zero-order chi connectivity index (χ0) is 13.7. The fourth-order valence-corrected chi connectivity index (χ4v) is 1.56. The molecular weight excluding hydrogens is 242 g/mol. The minimum Gasteiger partial charge on any atom is -0.475 e. The van der Waals surface area contributed by atoms with E-state index in [1.807, 2.05) is 31.3 Å². The number of aromatic carboxylic acids is 1. The van der Waals surface area contributed by atoms with E-state index in [0.29, 0.717) is 12.3 Å². The SMILES string of the molecule is CNCC#Cc1ccc(-c2ccc(C(=O)O)o2)cc1. The van der Waals surface area contributed by atoms with Crippen molar-refractivity contribution in [1.82, 2.24) is 5.32 Å². The molecule has 0 radical (unpaired) electrons. The molecule has 96 valence electrons. The molecule has 2 rings (SSSR count). The van der Waals surface area contributed by atoms with Crippen molar-refractivity contribution in [3.8, 4) is 23.2 Å². The van der Waals surface area contributed by atoms with Crippen LogP contribution in [0.4, 0.5) is 0 Å². The summed E-state index contributed by atoms with van der Waals surface area (Å²) in [6.45, 7) is 0.641. The molecule has 1 aromatic heterocycles. The molecule has 19 heavy (non-hydrogen) atoms. The number of carboxylic acids is 1. The lowest BCUT2D eigenvalue weighted by Gasteiger charge is -1.97. The van der Waals surface area contributed by atoms with Crippen molar-refractivity contribution in [2.45, 2.75) is 0 Å². The molecule has 0 aliphatic carbocycles. The van der Waals surface area contributed by atoms with E-state index < -0.39 is 5.97 Å². The van der Waals surface area contributed by atoms with Gasteiger partial charge in [0.05, 0.1) is 6.54 Å². The Bertz CT molecular complexity index is 629. The van der Waals surface area contributed by atoms with E-state index in [9.17, 15) is 4.79 Å². The van der Waals surface area contributed by atoms with Crippen LogP contribution in [0.2, 0.25) is 0 Å². The third kappa shape index (κ3) is 3.24. The van der Waals surface area contributed by atoms with Crippen LogP contribution in [0.3, 0.4) is 0 Å². The normalized spacial score (nSPS) is 9.74. The second-order valence-corrected chi connectivity index (χ2v) is 3.88. The van der Waals surface area contributed by atoms with Crippen LogP contribution in [0.25, 0.3) is 11.3 Å². The van der Waals surface area contributed by atoms with E-state index in [4.69, 9.17) is 9.52 Å². The number of hydrogen-bond donors (Lipinski definition) is 2. The van der Waals surface area contributed by atoms with Gasteiger partial charge in [0.2, 0.25) is 5.76 Å². The first-order valence-corrected chi connectivity index (χ1v) is 5.78. The van der Waals surface area contributed by atoms with Gasteiger partial charge >= 0.3 is 5.97 Å². The molecule has 1 aromatic carbocycles. The molecular formula is C15H13NO3. The second-order valence-electron chi connectivity index (χ2n) is 3.88. The monoisotopic (exact) mass is 255 g/mol. The van der Waals surface area contributed by atoms with Gasteiger partial charge in [0.1, 0.15) is 5.76 Å². The van der Waals surface area contributed by atoms with E-state index >= 15 is 0 Å². The van der Waals surface area contributed by atoms with Crippen LogP contribution in [0.15, 0.2) is 40.8 Å². The van der Waals surface area contributed by atoms with Crippen LogP contribution in [-0.2, 0) is 0 Å². The highest BCUT2D eigenvalue weighted by Gasteiger charge is 2.09. The van der Waals surface area contributed by atoms with Gasteiger partial charge in [-0.2, -0.15) is 0 Å². The number of carboxylic acid groups (broad SMARTS) is 1. The predicted molar refractivity (Wildman–Crippen MR) is 71.9 cm³/mol. The van der Waals surface area contributed by atoms with Gasteiger partial charge in [0.25, 0.3) is 0 Å². The van der Waals surface area contributed by atoms with Gasteiger partial charge in [0, 0.05) is 11.1 Å². The fraction of sp³-hybridized carbons (Fsp3) is 0.133. The summed E-state index contributed by atoms with van der Waals surface area (Å²) in [5.41, 5.74) is 1.73. The van der Waals surface area contributed by atoms with Gasteiger partial charge in [-0.25, -0.2) is 4.79 Å². The highest BCUT2D eigenvalue weighted by Crippen LogP contribution is 2.22. The molecule has 2 aromatic rings. The van der Waals surface area contributed by atoms with E-state index in [0.717, 1.165) is 11.1 Å². The molecule has 2 N–H and O–H groups in total. The van der Waals surface area contributed by atoms with Gasteiger partial charge in [-0.15, -0.1) is 0 Å². The number of rotatable bonds is 3. The first-order valence-electron chi connectivity index (χ1n) is 5.78. The van der Waals surface area contributed by atoms with Crippen LogP contribution in [0.1, 0.15) is 16.1 Å². The maximum Gasteiger partial charge on any atom is 0.371 e. The smallest absolute Gasteiger partial charge is 0.371 e. The molecule has 0 aliphatic heterocycles. The van der Waals surface area contributed by atoms with Crippen LogP contribution in [0.5, 0.6) is 0 Å². The maximum absolute atomic E-state index is 10.7. The van der Waals surface area contributed by atoms with Gasteiger partial charge < -0.3 is 14.8 Å². The van der Waals surface area contributed by atoms with Crippen LogP contribution >= 0.6 is 0 Å². The molecule has 0 aliphatic rings. The minimum atomic E-state index is -1.07. The number of nitrogens with one attached hydrogen (secondary N) is 1. The molecule has 4 heteroatoms. The Balaban J connectivity index is 2.18. The molecule has 0 saturated heterocycles. The summed E-state index contributed by atoms with van der Waals surface area (Å²) in [5.74, 6) is 5.38. The molecule has 0 saturated carbocycles. The van der Waals surface area contributed by atoms with Crippen molar-refractivity contribution >= 4 is 5.97 Å². The van der Waals surface area contributed by atoms with Crippen LogP contribution < -0.4 is 5.32 Å². The Morgan fingerprint density at radius 1 is 1.26 bits per heavy atom. The number of carbonyl (C=O) groups is 1.